The summed E-state index contributed by atoms with van der Waals surface area (Å²) in [5, 5.41) is 5.05. The second-order valence-corrected chi connectivity index (χ2v) is 7.15. The van der Waals surface area contributed by atoms with Crippen LogP contribution in [0.2, 0.25) is 0 Å². The van der Waals surface area contributed by atoms with Gasteiger partial charge >= 0.3 is 0 Å². The SMILES string of the molecule is Cc1cc(C(=O)N2CCC[C@H](Cc3cnc4ccccc4c3)CC2)no1. The number of likely N-dealkylation sites (tertiary alicyclic amines) is 1. The quantitative estimate of drug-likeness (QED) is 0.717. The van der Waals surface area contributed by atoms with E-state index < -0.39 is 0 Å². The average molecular weight is 349 g/mol. The van der Waals surface area contributed by atoms with Crippen molar-refractivity contribution in [3.8, 4) is 0 Å². The number of para-hydroxylation sites is 1. The van der Waals surface area contributed by atoms with Crippen molar-refractivity contribution in [1.82, 2.24) is 15.0 Å². The number of nitrogens with zero attached hydrogens (tertiary/aromatic N) is 3. The van der Waals surface area contributed by atoms with Gasteiger partial charge in [-0.3, -0.25) is 9.78 Å². The Bertz CT molecular complexity index is 918. The Labute approximate surface area is 153 Å². The molecule has 2 aromatic heterocycles. The monoisotopic (exact) mass is 349 g/mol. The van der Waals surface area contributed by atoms with Gasteiger partial charge in [-0.1, -0.05) is 23.4 Å². The van der Waals surface area contributed by atoms with E-state index in [1.54, 1.807) is 13.0 Å². The van der Waals surface area contributed by atoms with Crippen LogP contribution in [0.4, 0.5) is 0 Å². The number of fused-ring (bicyclic) bond motifs is 1. The third-order valence-corrected chi connectivity index (χ3v) is 5.15. The summed E-state index contributed by atoms with van der Waals surface area (Å²) >= 11 is 0. The molecule has 1 amide bonds. The lowest BCUT2D eigenvalue weighted by atomic mass is 9.93. The molecule has 0 unspecified atom stereocenters. The molecule has 1 atom stereocenters. The summed E-state index contributed by atoms with van der Waals surface area (Å²) in [5.41, 5.74) is 2.73. The van der Waals surface area contributed by atoms with Gasteiger partial charge in [-0.2, -0.15) is 0 Å². The fraction of sp³-hybridized carbons (Fsp3) is 0.381. The van der Waals surface area contributed by atoms with Crippen LogP contribution in [0.25, 0.3) is 10.9 Å². The van der Waals surface area contributed by atoms with Crippen LogP contribution in [0, 0.1) is 12.8 Å². The van der Waals surface area contributed by atoms with Gasteiger partial charge < -0.3 is 9.42 Å². The molecule has 4 rings (SSSR count). The molecule has 5 heteroatoms. The summed E-state index contributed by atoms with van der Waals surface area (Å²) in [6, 6.07) is 12.2. The molecule has 1 aromatic carbocycles. The van der Waals surface area contributed by atoms with Crippen LogP contribution in [0.5, 0.6) is 0 Å². The van der Waals surface area contributed by atoms with Crippen LogP contribution >= 0.6 is 0 Å². The first-order chi connectivity index (χ1) is 12.7. The van der Waals surface area contributed by atoms with Crippen LogP contribution in [0.1, 0.15) is 41.1 Å². The second-order valence-electron chi connectivity index (χ2n) is 7.15. The van der Waals surface area contributed by atoms with Gasteiger partial charge in [-0.05, 0) is 56.2 Å². The maximum Gasteiger partial charge on any atom is 0.276 e. The van der Waals surface area contributed by atoms with Gasteiger partial charge in [0.15, 0.2) is 5.69 Å². The molecule has 134 valence electrons. The number of carbonyl (C=O) groups excluding carboxylic acids is 1. The standard InChI is InChI=1S/C21H23N3O2/c1-15-11-20(23-26-15)21(25)24-9-4-5-16(8-10-24)12-17-13-18-6-2-3-7-19(18)22-14-17/h2-3,6-7,11,13-14,16H,4-5,8-10,12H2,1H3/t16-/m0/s1. The highest BCUT2D eigenvalue weighted by atomic mass is 16.5. The molecule has 1 fully saturated rings. The Morgan fingerprint density at radius 3 is 2.96 bits per heavy atom. The summed E-state index contributed by atoms with van der Waals surface area (Å²) < 4.78 is 5.04. The summed E-state index contributed by atoms with van der Waals surface area (Å²) in [5.74, 6) is 1.23. The van der Waals surface area contributed by atoms with E-state index in [9.17, 15) is 4.79 Å². The van der Waals surface area contributed by atoms with Crippen molar-refractivity contribution in [3.63, 3.8) is 0 Å². The molecule has 0 bridgehead atoms. The lowest BCUT2D eigenvalue weighted by molar-refractivity contribution is 0.0749. The maximum atomic E-state index is 12.6. The van der Waals surface area contributed by atoms with Gasteiger partial charge in [0.2, 0.25) is 0 Å². The fourth-order valence-electron chi connectivity index (χ4n) is 3.76. The van der Waals surface area contributed by atoms with Crippen LogP contribution in [-0.2, 0) is 6.42 Å². The van der Waals surface area contributed by atoms with Crippen molar-refractivity contribution in [3.05, 3.63) is 59.6 Å². The van der Waals surface area contributed by atoms with Crippen molar-refractivity contribution in [1.29, 1.82) is 0 Å². The summed E-state index contributed by atoms with van der Waals surface area (Å²) in [6.07, 6.45) is 6.18. The predicted molar refractivity (Wildman–Crippen MR) is 99.9 cm³/mol. The second kappa shape index (κ2) is 7.28. The first kappa shape index (κ1) is 16.8. The summed E-state index contributed by atoms with van der Waals surface area (Å²) in [4.78, 5) is 19.1. The molecule has 0 saturated carbocycles. The molecule has 0 spiro atoms. The molecule has 0 N–H and O–H groups in total. The van der Waals surface area contributed by atoms with Crippen LogP contribution in [0.15, 0.2) is 47.1 Å². The van der Waals surface area contributed by atoms with Crippen LogP contribution in [-0.4, -0.2) is 34.0 Å². The van der Waals surface area contributed by atoms with Gasteiger partial charge in [-0.15, -0.1) is 0 Å². The van der Waals surface area contributed by atoms with E-state index in [0.29, 0.717) is 17.4 Å². The molecule has 0 aliphatic carbocycles. The summed E-state index contributed by atoms with van der Waals surface area (Å²) in [6.45, 7) is 3.37. The Hall–Kier alpha value is -2.69. The summed E-state index contributed by atoms with van der Waals surface area (Å²) in [7, 11) is 0. The van der Waals surface area contributed by atoms with Crippen molar-refractivity contribution in [2.45, 2.75) is 32.6 Å². The first-order valence-electron chi connectivity index (χ1n) is 9.25. The van der Waals surface area contributed by atoms with Gasteiger partial charge in [0.05, 0.1) is 5.52 Å². The molecular formula is C21H23N3O2. The van der Waals surface area contributed by atoms with E-state index in [0.717, 1.165) is 44.3 Å². The number of aromatic nitrogens is 2. The third kappa shape index (κ3) is 3.62. The maximum absolute atomic E-state index is 12.6. The number of carbonyl (C=O) groups is 1. The van der Waals surface area contributed by atoms with Crippen LogP contribution < -0.4 is 0 Å². The molecule has 26 heavy (non-hydrogen) atoms. The molecule has 0 radical (unpaired) electrons. The third-order valence-electron chi connectivity index (χ3n) is 5.15. The molecule has 1 aliphatic rings. The highest BCUT2D eigenvalue weighted by molar-refractivity contribution is 5.92. The molecule has 3 aromatic rings. The van der Waals surface area contributed by atoms with Crippen molar-refractivity contribution in [2.75, 3.05) is 13.1 Å². The van der Waals surface area contributed by atoms with Crippen LogP contribution in [0.3, 0.4) is 0 Å². The van der Waals surface area contributed by atoms with Gasteiger partial charge in [0.1, 0.15) is 5.76 Å². The van der Waals surface area contributed by atoms with Gasteiger partial charge in [0.25, 0.3) is 5.91 Å². The highest BCUT2D eigenvalue weighted by Gasteiger charge is 2.23. The largest absolute Gasteiger partial charge is 0.361 e. The first-order valence-corrected chi connectivity index (χ1v) is 9.25. The lowest BCUT2D eigenvalue weighted by Crippen LogP contribution is -2.32. The zero-order chi connectivity index (χ0) is 17.9. The number of benzene rings is 1. The Morgan fingerprint density at radius 2 is 2.12 bits per heavy atom. The average Bonchev–Trinajstić information content (AvgIpc) is 2.96. The van der Waals surface area contributed by atoms with E-state index in [-0.39, 0.29) is 5.91 Å². The van der Waals surface area contributed by atoms with Crippen molar-refractivity contribution < 1.29 is 9.32 Å². The smallest absolute Gasteiger partial charge is 0.276 e. The minimum atomic E-state index is -0.0186. The Morgan fingerprint density at radius 1 is 1.23 bits per heavy atom. The fourth-order valence-corrected chi connectivity index (χ4v) is 3.76. The minimum Gasteiger partial charge on any atom is -0.361 e. The number of amides is 1. The van der Waals surface area contributed by atoms with E-state index in [1.165, 1.54) is 10.9 Å². The van der Waals surface area contributed by atoms with Crippen molar-refractivity contribution in [2.24, 2.45) is 5.92 Å². The molecule has 5 nitrogen and oxygen atoms in total. The predicted octanol–water partition coefficient (Wildman–Crippen LogP) is 4.02. The zero-order valence-electron chi connectivity index (χ0n) is 15.0. The molecule has 1 saturated heterocycles. The zero-order valence-corrected chi connectivity index (χ0v) is 15.0. The molecule has 3 heterocycles. The number of rotatable bonds is 3. The van der Waals surface area contributed by atoms with E-state index in [2.05, 4.69) is 28.3 Å². The van der Waals surface area contributed by atoms with Gasteiger partial charge in [-0.25, -0.2) is 0 Å². The highest BCUT2D eigenvalue weighted by Crippen LogP contribution is 2.24. The lowest BCUT2D eigenvalue weighted by Gasteiger charge is -2.19. The van der Waals surface area contributed by atoms with Crippen molar-refractivity contribution >= 4 is 16.8 Å². The van der Waals surface area contributed by atoms with E-state index >= 15 is 0 Å². The number of hydrogen-bond donors (Lipinski definition) is 0. The van der Waals surface area contributed by atoms with E-state index in [1.807, 2.05) is 23.2 Å². The topological polar surface area (TPSA) is 59.2 Å². The normalized spacial score (nSPS) is 18.0. The molecular weight excluding hydrogens is 326 g/mol. The number of pyridine rings is 1. The van der Waals surface area contributed by atoms with Gasteiger partial charge in [0, 0.05) is 30.7 Å². The number of aryl methyl sites for hydroxylation is 1. The number of hydrogen-bond acceptors (Lipinski definition) is 4. The molecule has 1 aliphatic heterocycles. The minimum absolute atomic E-state index is 0.0186. The Balaban J connectivity index is 1.40. The Kier molecular flexibility index (Phi) is 4.69. The van der Waals surface area contributed by atoms with E-state index in [4.69, 9.17) is 4.52 Å².